The minimum absolute atomic E-state index is 0. The summed E-state index contributed by atoms with van der Waals surface area (Å²) in [4.78, 5) is 0. The van der Waals surface area contributed by atoms with Gasteiger partial charge in [0.2, 0.25) is 0 Å². The van der Waals surface area contributed by atoms with Crippen molar-refractivity contribution >= 4 is 0 Å². The molecule has 0 aromatic rings. The van der Waals surface area contributed by atoms with Crippen LogP contribution in [0.15, 0.2) is 0 Å². The molecule has 0 radical (unpaired) electrons. The Balaban J connectivity index is -0.00000000750. The van der Waals surface area contributed by atoms with Gasteiger partial charge in [-0.3, -0.25) is 0 Å². The third kappa shape index (κ3) is 49.2. The molecule has 0 aliphatic rings. The summed E-state index contributed by atoms with van der Waals surface area (Å²) >= 11 is 0. The molecule has 8 heavy (non-hydrogen) atoms. The van der Waals surface area contributed by atoms with E-state index in [2.05, 4.69) is 13.8 Å². The van der Waals surface area contributed by atoms with Crippen molar-refractivity contribution in [2.75, 3.05) is 0 Å². The topological polar surface area (TPSA) is 0 Å². The third-order valence-electron chi connectivity index (χ3n) is 0.354. The number of rotatable bonds is 1. The summed E-state index contributed by atoms with van der Waals surface area (Å²) in [6.07, 6.45) is 2.28. The Morgan fingerprint density at radius 1 is 1.12 bits per heavy atom. The second-order valence-electron chi connectivity index (χ2n) is 0.854. The van der Waals surface area contributed by atoms with E-state index in [4.69, 9.17) is 0 Å². The number of hydrogen-bond acceptors (Lipinski definition) is 0. The largest absolute Gasteiger partial charge is 4.00 e. The van der Waals surface area contributed by atoms with Gasteiger partial charge < -0.3 is 44.1 Å². The van der Waals surface area contributed by atoms with Crippen molar-refractivity contribution in [3.63, 3.8) is 0 Å². The maximum absolute atomic E-state index is 3.60. The standard InChI is InChI=1S/C4H9.3ClH.Ti/c1-3-4-2;;;;/h1,3-4H2,2H3;3*1H;/q-1;;;;+4/p-3. The van der Waals surface area contributed by atoms with E-state index in [9.17, 15) is 0 Å². The fourth-order valence-electron chi connectivity index (χ4n) is 0. The fraction of sp³-hybridized carbons (Fsp3) is 0.750. The van der Waals surface area contributed by atoms with Crippen LogP contribution in [0.1, 0.15) is 19.8 Å². The van der Waals surface area contributed by atoms with Gasteiger partial charge in [0.25, 0.3) is 0 Å². The SMILES string of the molecule is [CH2-]CCC.[Cl-].[Cl-].[Cl-].[Ti+4]. The molecule has 0 spiro atoms. The predicted octanol–water partition coefficient (Wildman–Crippen LogP) is -7.37. The van der Waals surface area contributed by atoms with Gasteiger partial charge >= 0.3 is 21.7 Å². The number of unbranched alkanes of at least 4 members (excludes halogenated alkanes) is 1. The summed E-state index contributed by atoms with van der Waals surface area (Å²) in [5, 5.41) is 0. The molecule has 0 nitrogen and oxygen atoms in total. The maximum Gasteiger partial charge on any atom is 4.00 e. The van der Waals surface area contributed by atoms with Crippen LogP contribution < -0.4 is 37.2 Å². The van der Waals surface area contributed by atoms with Crippen LogP contribution in [0.3, 0.4) is 0 Å². The first-order valence-corrected chi connectivity index (χ1v) is 1.71. The molecule has 0 unspecified atom stereocenters. The van der Waals surface area contributed by atoms with Gasteiger partial charge in [-0.05, 0) is 0 Å². The van der Waals surface area contributed by atoms with Crippen molar-refractivity contribution in [3.05, 3.63) is 6.92 Å². The summed E-state index contributed by atoms with van der Waals surface area (Å²) < 4.78 is 0. The smallest absolute Gasteiger partial charge is 1.00 e. The molecular formula is C4H9Cl3Ti. The van der Waals surface area contributed by atoms with E-state index >= 15 is 0 Å². The minimum Gasteiger partial charge on any atom is -1.00 e. The quantitative estimate of drug-likeness (QED) is 0.299. The normalized spacial score (nSPS) is 3.75. The average molecular weight is 211 g/mol. The van der Waals surface area contributed by atoms with Gasteiger partial charge in [0.1, 0.15) is 0 Å². The molecule has 0 aromatic heterocycles. The van der Waals surface area contributed by atoms with Gasteiger partial charge in [-0.25, -0.2) is 0 Å². The van der Waals surface area contributed by atoms with E-state index in [0.717, 1.165) is 6.42 Å². The first kappa shape index (κ1) is 33.6. The molecule has 0 heterocycles. The van der Waals surface area contributed by atoms with Crippen molar-refractivity contribution in [3.8, 4) is 0 Å². The predicted molar refractivity (Wildman–Crippen MR) is 20.3 cm³/mol. The molecular weight excluding hydrogens is 202 g/mol. The van der Waals surface area contributed by atoms with Crippen molar-refractivity contribution < 1.29 is 58.9 Å². The monoisotopic (exact) mass is 210 g/mol. The van der Waals surface area contributed by atoms with Crippen molar-refractivity contribution in [1.29, 1.82) is 0 Å². The molecule has 4 heteroatoms. The zero-order valence-electron chi connectivity index (χ0n) is 4.76. The van der Waals surface area contributed by atoms with Crippen molar-refractivity contribution in [1.82, 2.24) is 0 Å². The van der Waals surface area contributed by atoms with Gasteiger partial charge in [0.15, 0.2) is 0 Å². The summed E-state index contributed by atoms with van der Waals surface area (Å²) in [5.41, 5.74) is 0. The molecule has 0 atom stereocenters. The van der Waals surface area contributed by atoms with Crippen LogP contribution in [0.25, 0.3) is 0 Å². The molecule has 0 amide bonds. The van der Waals surface area contributed by atoms with E-state index in [1.807, 2.05) is 0 Å². The molecule has 0 aliphatic heterocycles. The minimum atomic E-state index is 0. The summed E-state index contributed by atoms with van der Waals surface area (Å²) in [5.74, 6) is 0. The maximum atomic E-state index is 3.60. The molecule has 0 N–H and O–H groups in total. The Bertz CT molecular complexity index is 13.2. The molecule has 0 bridgehead atoms. The molecule has 50 valence electrons. The summed E-state index contributed by atoms with van der Waals surface area (Å²) in [6.45, 7) is 5.72. The van der Waals surface area contributed by atoms with E-state index < -0.39 is 0 Å². The molecule has 0 saturated heterocycles. The van der Waals surface area contributed by atoms with E-state index in [1.54, 1.807) is 0 Å². The molecule has 0 aliphatic carbocycles. The molecule has 0 aromatic carbocycles. The Morgan fingerprint density at radius 2 is 1.25 bits per heavy atom. The Labute approximate surface area is 85.3 Å². The second-order valence-corrected chi connectivity index (χ2v) is 0.854. The van der Waals surface area contributed by atoms with E-state index in [0.29, 0.717) is 0 Å². The second kappa shape index (κ2) is 38.4. The van der Waals surface area contributed by atoms with Crippen molar-refractivity contribution in [2.45, 2.75) is 19.8 Å². The zero-order chi connectivity index (χ0) is 3.41. The fourth-order valence-corrected chi connectivity index (χ4v) is 0. The molecule has 0 saturated carbocycles. The summed E-state index contributed by atoms with van der Waals surface area (Å²) in [7, 11) is 0. The van der Waals surface area contributed by atoms with E-state index in [-0.39, 0.29) is 58.9 Å². The van der Waals surface area contributed by atoms with Crippen LogP contribution in [-0.2, 0) is 21.7 Å². The van der Waals surface area contributed by atoms with Crippen LogP contribution in [0.5, 0.6) is 0 Å². The average Bonchev–Trinajstić information content (AvgIpc) is 1.37. The van der Waals surface area contributed by atoms with Crippen LogP contribution in [0.4, 0.5) is 0 Å². The Morgan fingerprint density at radius 3 is 1.25 bits per heavy atom. The van der Waals surface area contributed by atoms with Crippen molar-refractivity contribution in [2.24, 2.45) is 0 Å². The van der Waals surface area contributed by atoms with Gasteiger partial charge in [0.05, 0.1) is 0 Å². The van der Waals surface area contributed by atoms with Crippen LogP contribution in [-0.4, -0.2) is 0 Å². The van der Waals surface area contributed by atoms with Gasteiger partial charge in [-0.2, -0.15) is 6.42 Å². The molecule has 0 rings (SSSR count). The number of halogens is 3. The Kier molecular flexibility index (Phi) is 161. The van der Waals surface area contributed by atoms with E-state index in [1.165, 1.54) is 6.42 Å². The van der Waals surface area contributed by atoms with Crippen LogP contribution in [0, 0.1) is 6.92 Å². The first-order chi connectivity index (χ1) is 1.91. The van der Waals surface area contributed by atoms with Crippen LogP contribution >= 0.6 is 0 Å². The number of hydrogen-bond donors (Lipinski definition) is 0. The third-order valence-corrected chi connectivity index (χ3v) is 0.354. The van der Waals surface area contributed by atoms with Gasteiger partial charge in [-0.15, -0.1) is 0 Å². The van der Waals surface area contributed by atoms with Gasteiger partial charge in [0, 0.05) is 0 Å². The summed E-state index contributed by atoms with van der Waals surface area (Å²) in [6, 6.07) is 0. The molecule has 0 fully saturated rings. The van der Waals surface area contributed by atoms with Crippen LogP contribution in [0.2, 0.25) is 0 Å². The zero-order valence-corrected chi connectivity index (χ0v) is 8.58. The van der Waals surface area contributed by atoms with Gasteiger partial charge in [-0.1, -0.05) is 13.3 Å². The Hall–Kier alpha value is 1.58. The first-order valence-electron chi connectivity index (χ1n) is 1.71.